The summed E-state index contributed by atoms with van der Waals surface area (Å²) in [5.41, 5.74) is 1.18. The second-order valence-electron chi connectivity index (χ2n) is 5.11. The van der Waals surface area contributed by atoms with Crippen molar-refractivity contribution in [2.45, 2.75) is 6.54 Å². The van der Waals surface area contributed by atoms with Gasteiger partial charge in [0.15, 0.2) is 5.96 Å². The molecule has 0 spiro atoms. The molecule has 2 aromatic rings. The Morgan fingerprint density at radius 1 is 1.21 bits per heavy atom. The van der Waals surface area contributed by atoms with Crippen molar-refractivity contribution in [1.82, 2.24) is 15.2 Å². The number of nitrogens with zero attached hydrogens (tertiary/aromatic N) is 3. The van der Waals surface area contributed by atoms with Crippen molar-refractivity contribution < 1.29 is 4.74 Å². The number of rotatable bonds is 6. The predicted octanol–water partition coefficient (Wildman–Crippen LogP) is 3.44. The topological polar surface area (TPSA) is 49.8 Å². The van der Waals surface area contributed by atoms with Crippen molar-refractivity contribution in [3.8, 4) is 5.88 Å². The van der Waals surface area contributed by atoms with Crippen molar-refractivity contribution in [1.29, 1.82) is 0 Å². The number of aromatic nitrogens is 1. The van der Waals surface area contributed by atoms with Gasteiger partial charge in [-0.3, -0.25) is 0 Å². The van der Waals surface area contributed by atoms with Crippen LogP contribution in [-0.4, -0.2) is 43.1 Å². The summed E-state index contributed by atoms with van der Waals surface area (Å²) < 4.78 is 5.55. The zero-order chi connectivity index (χ0) is 16.5. The van der Waals surface area contributed by atoms with Crippen molar-refractivity contribution in [3.63, 3.8) is 0 Å². The van der Waals surface area contributed by atoms with E-state index in [1.54, 1.807) is 18.3 Å². The van der Waals surface area contributed by atoms with Crippen LogP contribution < -0.4 is 10.1 Å². The Morgan fingerprint density at radius 2 is 1.96 bits per heavy atom. The van der Waals surface area contributed by atoms with Crippen LogP contribution in [0.2, 0.25) is 5.02 Å². The Balaban J connectivity index is 0.00000288. The van der Waals surface area contributed by atoms with Crippen LogP contribution in [0.5, 0.6) is 5.88 Å². The van der Waals surface area contributed by atoms with Crippen LogP contribution in [-0.2, 0) is 6.54 Å². The highest BCUT2D eigenvalue weighted by Gasteiger charge is 2.02. The molecule has 0 fully saturated rings. The third kappa shape index (κ3) is 7.35. The third-order valence-corrected chi connectivity index (χ3v) is 3.24. The minimum Gasteiger partial charge on any atom is -0.476 e. The first kappa shape index (κ1) is 20.5. The average Bonchev–Trinajstić information content (AvgIpc) is 2.56. The van der Waals surface area contributed by atoms with Gasteiger partial charge in [0.1, 0.15) is 6.61 Å². The van der Waals surface area contributed by atoms with Gasteiger partial charge in [0, 0.05) is 26.4 Å². The van der Waals surface area contributed by atoms with Gasteiger partial charge in [0.2, 0.25) is 5.88 Å². The summed E-state index contributed by atoms with van der Waals surface area (Å²) in [6.07, 6.45) is 1.57. The highest BCUT2D eigenvalue weighted by atomic mass is 127. The lowest BCUT2D eigenvalue weighted by molar-refractivity contribution is 0.308. The SMILES string of the molecule is CN(C)C(=NCc1ccccc1)NCCOc1ccc(Cl)cn1.I. The zero-order valence-corrected chi connectivity index (χ0v) is 16.9. The summed E-state index contributed by atoms with van der Waals surface area (Å²) >= 11 is 5.78. The number of ether oxygens (including phenoxy) is 1. The predicted molar refractivity (Wildman–Crippen MR) is 109 cm³/mol. The molecule has 0 aliphatic heterocycles. The van der Waals surface area contributed by atoms with Gasteiger partial charge in [-0.25, -0.2) is 9.98 Å². The molecule has 0 unspecified atom stereocenters. The molecule has 0 radical (unpaired) electrons. The average molecular weight is 461 g/mol. The van der Waals surface area contributed by atoms with E-state index < -0.39 is 0 Å². The summed E-state index contributed by atoms with van der Waals surface area (Å²) in [5.74, 6) is 1.38. The number of halogens is 2. The van der Waals surface area contributed by atoms with Crippen molar-refractivity contribution in [3.05, 3.63) is 59.2 Å². The van der Waals surface area contributed by atoms with E-state index in [1.165, 1.54) is 5.56 Å². The fourth-order valence-electron chi connectivity index (χ4n) is 1.87. The van der Waals surface area contributed by atoms with Gasteiger partial charge in [-0.15, -0.1) is 24.0 Å². The summed E-state index contributed by atoms with van der Waals surface area (Å²) in [4.78, 5) is 10.6. The Labute approximate surface area is 165 Å². The minimum absolute atomic E-state index is 0. The molecule has 1 aromatic heterocycles. The molecule has 0 atom stereocenters. The van der Waals surface area contributed by atoms with E-state index in [1.807, 2.05) is 37.2 Å². The summed E-state index contributed by atoms with van der Waals surface area (Å²) in [7, 11) is 3.91. The number of hydrogen-bond donors (Lipinski definition) is 1. The normalized spacial score (nSPS) is 10.7. The van der Waals surface area contributed by atoms with Crippen LogP contribution in [0.4, 0.5) is 0 Å². The maximum absolute atomic E-state index is 5.78. The van der Waals surface area contributed by atoms with Crippen LogP contribution in [0, 0.1) is 0 Å². The van der Waals surface area contributed by atoms with Gasteiger partial charge in [-0.05, 0) is 11.6 Å². The smallest absolute Gasteiger partial charge is 0.213 e. The molecule has 0 aliphatic carbocycles. The van der Waals surface area contributed by atoms with Crippen LogP contribution in [0.25, 0.3) is 0 Å². The minimum atomic E-state index is 0. The van der Waals surface area contributed by atoms with Gasteiger partial charge in [0.25, 0.3) is 0 Å². The lowest BCUT2D eigenvalue weighted by atomic mass is 10.2. The third-order valence-electron chi connectivity index (χ3n) is 3.01. The van der Waals surface area contributed by atoms with Gasteiger partial charge in [-0.2, -0.15) is 0 Å². The Bertz CT molecular complexity index is 620. The van der Waals surface area contributed by atoms with Crippen LogP contribution >= 0.6 is 35.6 Å². The van der Waals surface area contributed by atoms with E-state index >= 15 is 0 Å². The summed E-state index contributed by atoms with van der Waals surface area (Å²) in [6.45, 7) is 1.77. The molecule has 2 rings (SSSR count). The highest BCUT2D eigenvalue weighted by molar-refractivity contribution is 14.0. The molecule has 7 heteroatoms. The van der Waals surface area contributed by atoms with Crippen molar-refractivity contribution >= 4 is 41.5 Å². The molecular weight excluding hydrogens is 439 g/mol. The van der Waals surface area contributed by atoms with Gasteiger partial charge in [0.05, 0.1) is 18.1 Å². The van der Waals surface area contributed by atoms with Crippen LogP contribution in [0.1, 0.15) is 5.56 Å². The first-order chi connectivity index (χ1) is 11.1. The van der Waals surface area contributed by atoms with Gasteiger partial charge < -0.3 is 15.0 Å². The Hall–Kier alpha value is -1.54. The maximum atomic E-state index is 5.78. The molecule has 1 aromatic carbocycles. The number of hydrogen-bond acceptors (Lipinski definition) is 3. The number of nitrogens with one attached hydrogen (secondary N) is 1. The zero-order valence-electron chi connectivity index (χ0n) is 13.8. The monoisotopic (exact) mass is 460 g/mol. The standard InChI is InChI=1S/C17H21ClN4O.HI/c1-22(2)17(21-12-14-6-4-3-5-7-14)19-10-11-23-16-9-8-15(18)13-20-16;/h3-9,13H,10-12H2,1-2H3,(H,19,21);1H. The lowest BCUT2D eigenvalue weighted by Crippen LogP contribution is -2.38. The van der Waals surface area contributed by atoms with Gasteiger partial charge >= 0.3 is 0 Å². The lowest BCUT2D eigenvalue weighted by Gasteiger charge is -2.17. The number of pyridine rings is 1. The molecule has 5 nitrogen and oxygen atoms in total. The highest BCUT2D eigenvalue weighted by Crippen LogP contribution is 2.10. The number of benzene rings is 1. The molecule has 130 valence electrons. The first-order valence-electron chi connectivity index (χ1n) is 7.39. The summed E-state index contributed by atoms with van der Waals surface area (Å²) in [5, 5.41) is 3.86. The molecular formula is C17H22ClIN4O. The molecule has 0 amide bonds. The van der Waals surface area contributed by atoms with E-state index in [4.69, 9.17) is 16.3 Å². The van der Waals surface area contributed by atoms with E-state index in [-0.39, 0.29) is 24.0 Å². The van der Waals surface area contributed by atoms with Crippen LogP contribution in [0.3, 0.4) is 0 Å². The first-order valence-corrected chi connectivity index (χ1v) is 7.77. The molecule has 0 bridgehead atoms. The van der Waals surface area contributed by atoms with Crippen LogP contribution in [0.15, 0.2) is 53.7 Å². The van der Waals surface area contributed by atoms with E-state index in [0.29, 0.717) is 30.6 Å². The maximum Gasteiger partial charge on any atom is 0.213 e. The second-order valence-corrected chi connectivity index (χ2v) is 5.55. The van der Waals surface area contributed by atoms with Gasteiger partial charge in [-0.1, -0.05) is 41.9 Å². The Kier molecular flexibility index (Phi) is 9.48. The van der Waals surface area contributed by atoms with E-state index in [9.17, 15) is 0 Å². The molecule has 1 heterocycles. The number of guanidine groups is 1. The van der Waals surface area contributed by atoms with E-state index in [2.05, 4.69) is 27.4 Å². The van der Waals surface area contributed by atoms with E-state index in [0.717, 1.165) is 5.96 Å². The van der Waals surface area contributed by atoms with Crippen molar-refractivity contribution in [2.75, 3.05) is 27.2 Å². The molecule has 0 aliphatic rings. The second kappa shape index (κ2) is 11.1. The molecule has 0 saturated heterocycles. The Morgan fingerprint density at radius 3 is 2.58 bits per heavy atom. The molecule has 1 N–H and O–H groups in total. The summed E-state index contributed by atoms with van der Waals surface area (Å²) in [6, 6.07) is 13.7. The largest absolute Gasteiger partial charge is 0.476 e. The molecule has 24 heavy (non-hydrogen) atoms. The quantitative estimate of drug-likeness (QED) is 0.311. The molecule has 0 saturated carbocycles. The van der Waals surface area contributed by atoms with Crippen molar-refractivity contribution in [2.24, 2.45) is 4.99 Å². The fourth-order valence-corrected chi connectivity index (χ4v) is 1.98. The fraction of sp³-hybridized carbons (Fsp3) is 0.294. The number of aliphatic imine (C=N–C) groups is 1.